The number of aryl methyl sites for hydroxylation is 1. The minimum Gasteiger partial charge on any atom is -0.492 e. The van der Waals surface area contributed by atoms with Crippen LogP contribution in [0.15, 0.2) is 35.5 Å². The van der Waals surface area contributed by atoms with Crippen molar-refractivity contribution in [2.75, 3.05) is 32.8 Å². The molecule has 1 aromatic carbocycles. The molecular weight excluding hydrogens is 509 g/mol. The van der Waals surface area contributed by atoms with Crippen LogP contribution in [0.25, 0.3) is 0 Å². The number of aliphatic imine (C=N–C) groups is 1. The van der Waals surface area contributed by atoms with E-state index in [0.717, 1.165) is 54.9 Å². The third-order valence-corrected chi connectivity index (χ3v) is 5.78. The fourth-order valence-electron chi connectivity index (χ4n) is 2.86. The molecule has 2 rings (SSSR count). The Morgan fingerprint density at radius 3 is 2.57 bits per heavy atom. The van der Waals surface area contributed by atoms with Gasteiger partial charge in [-0.15, -0.1) is 35.3 Å². The van der Waals surface area contributed by atoms with Gasteiger partial charge in [0.2, 0.25) is 0 Å². The molecule has 0 saturated carbocycles. The van der Waals surface area contributed by atoms with Gasteiger partial charge in [-0.3, -0.25) is 0 Å². The molecule has 0 amide bonds. The second kappa shape index (κ2) is 15.4. The number of nitrogens with one attached hydrogen (secondary N) is 2. The normalized spacial score (nSPS) is 11.3. The van der Waals surface area contributed by atoms with Gasteiger partial charge in [0.05, 0.1) is 13.1 Å². The number of benzene rings is 1. The maximum Gasteiger partial charge on any atom is 0.191 e. The standard InChI is InChI=1S/C22H35N5OS.HI/c1-5-19-16-24-21(29-19)17-26-22(23-6-2)25-15-18-11-9-10-12-20(18)28-14-13-27(7-3)8-4;/h9-12,16H,5-8,13-15,17H2,1-4H3,(H2,23,25,26);1H. The van der Waals surface area contributed by atoms with Crippen LogP contribution in [-0.4, -0.2) is 48.6 Å². The Balaban J connectivity index is 0.00000450. The predicted molar refractivity (Wildman–Crippen MR) is 138 cm³/mol. The number of hydrogen-bond donors (Lipinski definition) is 2. The fourth-order valence-corrected chi connectivity index (χ4v) is 3.66. The summed E-state index contributed by atoms with van der Waals surface area (Å²) in [6.07, 6.45) is 2.98. The van der Waals surface area contributed by atoms with E-state index in [1.807, 2.05) is 24.4 Å². The first-order valence-electron chi connectivity index (χ1n) is 10.6. The molecule has 0 unspecified atom stereocenters. The van der Waals surface area contributed by atoms with E-state index in [1.165, 1.54) is 4.88 Å². The summed E-state index contributed by atoms with van der Waals surface area (Å²) in [6, 6.07) is 8.14. The van der Waals surface area contributed by atoms with Crippen molar-refractivity contribution in [3.8, 4) is 5.75 Å². The highest BCUT2D eigenvalue weighted by molar-refractivity contribution is 14.0. The highest BCUT2D eigenvalue weighted by Gasteiger charge is 2.06. The number of halogens is 1. The Labute approximate surface area is 202 Å². The SMILES string of the molecule is CCNC(=NCc1ccccc1OCCN(CC)CC)NCc1ncc(CC)s1.I. The van der Waals surface area contributed by atoms with Crippen molar-refractivity contribution in [3.63, 3.8) is 0 Å². The minimum absolute atomic E-state index is 0. The van der Waals surface area contributed by atoms with Gasteiger partial charge >= 0.3 is 0 Å². The van der Waals surface area contributed by atoms with Crippen LogP contribution < -0.4 is 15.4 Å². The van der Waals surface area contributed by atoms with Crippen LogP contribution in [0.2, 0.25) is 0 Å². The zero-order chi connectivity index (χ0) is 20.9. The Morgan fingerprint density at radius 1 is 1.13 bits per heavy atom. The summed E-state index contributed by atoms with van der Waals surface area (Å²) >= 11 is 1.74. The van der Waals surface area contributed by atoms with E-state index in [0.29, 0.717) is 19.7 Å². The Morgan fingerprint density at radius 2 is 1.90 bits per heavy atom. The molecular formula is C22H36IN5OS. The maximum atomic E-state index is 6.05. The highest BCUT2D eigenvalue weighted by atomic mass is 127. The number of guanidine groups is 1. The summed E-state index contributed by atoms with van der Waals surface area (Å²) in [5, 5.41) is 7.76. The first-order valence-corrected chi connectivity index (χ1v) is 11.4. The summed E-state index contributed by atoms with van der Waals surface area (Å²) in [7, 11) is 0. The van der Waals surface area contributed by atoms with Crippen molar-refractivity contribution in [1.82, 2.24) is 20.5 Å². The molecule has 6 nitrogen and oxygen atoms in total. The molecule has 1 aromatic heterocycles. The number of rotatable bonds is 12. The van der Waals surface area contributed by atoms with Gasteiger partial charge in [0.1, 0.15) is 17.4 Å². The van der Waals surface area contributed by atoms with Crippen molar-refractivity contribution in [2.24, 2.45) is 4.99 Å². The number of likely N-dealkylation sites (N-methyl/N-ethyl adjacent to an activating group) is 1. The van der Waals surface area contributed by atoms with Crippen LogP contribution in [0.3, 0.4) is 0 Å². The van der Waals surface area contributed by atoms with Crippen LogP contribution in [0.1, 0.15) is 43.1 Å². The summed E-state index contributed by atoms with van der Waals surface area (Å²) in [5.74, 6) is 1.70. The van der Waals surface area contributed by atoms with Gasteiger partial charge in [-0.25, -0.2) is 9.98 Å². The lowest BCUT2D eigenvalue weighted by atomic mass is 10.2. The number of nitrogens with zero attached hydrogens (tertiary/aromatic N) is 3. The van der Waals surface area contributed by atoms with Gasteiger partial charge < -0.3 is 20.3 Å². The quantitative estimate of drug-likeness (QED) is 0.237. The van der Waals surface area contributed by atoms with E-state index in [4.69, 9.17) is 9.73 Å². The zero-order valence-electron chi connectivity index (χ0n) is 18.6. The molecule has 0 saturated heterocycles. The molecule has 8 heteroatoms. The Kier molecular flexibility index (Phi) is 13.7. The van der Waals surface area contributed by atoms with Crippen LogP contribution in [0, 0.1) is 0 Å². The number of hydrogen-bond acceptors (Lipinski definition) is 5. The van der Waals surface area contributed by atoms with Gasteiger partial charge in [-0.1, -0.05) is 39.0 Å². The summed E-state index contributed by atoms with van der Waals surface area (Å²) in [4.78, 5) is 12.9. The molecule has 168 valence electrons. The summed E-state index contributed by atoms with van der Waals surface area (Å²) < 4.78 is 6.05. The molecule has 0 bridgehead atoms. The van der Waals surface area contributed by atoms with E-state index < -0.39 is 0 Å². The minimum atomic E-state index is 0. The second-order valence-electron chi connectivity index (χ2n) is 6.61. The third kappa shape index (κ3) is 9.18. The fraction of sp³-hybridized carbons (Fsp3) is 0.545. The molecule has 0 atom stereocenters. The molecule has 0 spiro atoms. The van der Waals surface area contributed by atoms with E-state index in [1.54, 1.807) is 11.3 Å². The lowest BCUT2D eigenvalue weighted by Crippen LogP contribution is -2.36. The van der Waals surface area contributed by atoms with Gasteiger partial charge in [0, 0.05) is 29.7 Å². The number of thiazole rings is 1. The number of ether oxygens (including phenoxy) is 1. The molecule has 0 aliphatic rings. The summed E-state index contributed by atoms with van der Waals surface area (Å²) in [6.45, 7) is 14.3. The van der Waals surface area contributed by atoms with Gasteiger partial charge in [-0.05, 0) is 32.5 Å². The van der Waals surface area contributed by atoms with Crippen molar-refractivity contribution in [1.29, 1.82) is 0 Å². The molecule has 0 aliphatic carbocycles. The zero-order valence-corrected chi connectivity index (χ0v) is 21.8. The second-order valence-corrected chi connectivity index (χ2v) is 7.81. The van der Waals surface area contributed by atoms with Crippen LogP contribution in [-0.2, 0) is 19.5 Å². The Hall–Kier alpha value is -1.39. The maximum absolute atomic E-state index is 6.05. The average Bonchev–Trinajstić information content (AvgIpc) is 3.22. The molecule has 0 aliphatic heterocycles. The smallest absolute Gasteiger partial charge is 0.191 e. The van der Waals surface area contributed by atoms with Crippen molar-refractivity contribution >= 4 is 41.3 Å². The van der Waals surface area contributed by atoms with Gasteiger partial charge in [0.15, 0.2) is 5.96 Å². The van der Waals surface area contributed by atoms with E-state index >= 15 is 0 Å². The van der Waals surface area contributed by atoms with Crippen LogP contribution >= 0.6 is 35.3 Å². The van der Waals surface area contributed by atoms with Crippen molar-refractivity contribution in [3.05, 3.63) is 45.9 Å². The summed E-state index contributed by atoms with van der Waals surface area (Å²) in [5.41, 5.74) is 1.09. The molecule has 2 aromatic rings. The van der Waals surface area contributed by atoms with Crippen LogP contribution in [0.5, 0.6) is 5.75 Å². The third-order valence-electron chi connectivity index (χ3n) is 4.64. The van der Waals surface area contributed by atoms with E-state index in [2.05, 4.69) is 54.3 Å². The largest absolute Gasteiger partial charge is 0.492 e. The molecule has 30 heavy (non-hydrogen) atoms. The molecule has 2 N–H and O–H groups in total. The number of aromatic nitrogens is 1. The lowest BCUT2D eigenvalue weighted by Gasteiger charge is -2.18. The molecule has 1 heterocycles. The van der Waals surface area contributed by atoms with Crippen LogP contribution in [0.4, 0.5) is 0 Å². The topological polar surface area (TPSA) is 61.8 Å². The highest BCUT2D eigenvalue weighted by Crippen LogP contribution is 2.19. The lowest BCUT2D eigenvalue weighted by molar-refractivity contribution is 0.221. The molecule has 0 radical (unpaired) electrons. The monoisotopic (exact) mass is 545 g/mol. The van der Waals surface area contributed by atoms with E-state index in [-0.39, 0.29) is 24.0 Å². The van der Waals surface area contributed by atoms with E-state index in [9.17, 15) is 0 Å². The van der Waals surface area contributed by atoms with Gasteiger partial charge in [-0.2, -0.15) is 0 Å². The number of para-hydroxylation sites is 1. The first kappa shape index (κ1) is 26.6. The van der Waals surface area contributed by atoms with Crippen molar-refractivity contribution < 1.29 is 4.74 Å². The van der Waals surface area contributed by atoms with Crippen molar-refractivity contribution in [2.45, 2.75) is 47.2 Å². The average molecular weight is 546 g/mol. The predicted octanol–water partition coefficient (Wildman–Crippen LogP) is 4.30. The Bertz CT molecular complexity index is 749. The first-order chi connectivity index (χ1) is 14.2. The van der Waals surface area contributed by atoms with Gasteiger partial charge in [0.25, 0.3) is 0 Å². The molecule has 0 fully saturated rings.